The maximum atomic E-state index is 5.35. The molecule has 7 rings (SSSR count). The largest absolute Gasteiger partial charge is 0.233 e. The van der Waals surface area contributed by atoms with Gasteiger partial charge in [-0.2, -0.15) is 5.10 Å². The standard InChI is InChI=1S/C35H28N2S2/c1-25-15-9-11-21-29(25)34(30-22-12-10-16-26(30)2)31-23-13-14-24-32(31)35(39-34)37(28-19-7-4-8-20-28)36-33(38-35)27-17-5-3-6-18-27/h3-24H,1-2H3/t35-/m1/s1. The zero-order chi connectivity index (χ0) is 26.5. The smallest absolute Gasteiger partial charge is 0.187 e. The SMILES string of the molecule is Cc1ccccc1C1(c2ccccc2C)S[C@]2(SC(c3ccccc3)=NN2c2ccccc2)c2ccccc21. The number of hydrazone groups is 1. The molecule has 0 saturated carbocycles. The van der Waals surface area contributed by atoms with Crippen molar-refractivity contribution in [3.05, 3.63) is 172 Å². The lowest BCUT2D eigenvalue weighted by Crippen LogP contribution is -2.34. The lowest BCUT2D eigenvalue weighted by Gasteiger charge is -2.38. The Labute approximate surface area is 238 Å². The van der Waals surface area contributed by atoms with E-state index in [1.807, 2.05) is 23.5 Å². The van der Waals surface area contributed by atoms with Gasteiger partial charge in [-0.15, -0.1) is 0 Å². The Bertz CT molecular complexity index is 1650. The number of fused-ring (bicyclic) bond motifs is 2. The van der Waals surface area contributed by atoms with Crippen molar-refractivity contribution in [3.8, 4) is 0 Å². The minimum atomic E-state index is -0.492. The molecule has 1 spiro atoms. The van der Waals surface area contributed by atoms with Gasteiger partial charge in [0, 0.05) is 11.1 Å². The summed E-state index contributed by atoms with van der Waals surface area (Å²) in [4.78, 5) is 0. The highest BCUT2D eigenvalue weighted by Gasteiger charge is 2.61. The number of hydrogen-bond donors (Lipinski definition) is 0. The van der Waals surface area contributed by atoms with Gasteiger partial charge in [-0.1, -0.05) is 145 Å². The molecule has 2 aliphatic rings. The minimum Gasteiger partial charge on any atom is -0.233 e. The number of rotatable bonds is 4. The van der Waals surface area contributed by atoms with E-state index in [9.17, 15) is 0 Å². The van der Waals surface area contributed by atoms with Crippen molar-refractivity contribution in [1.29, 1.82) is 0 Å². The van der Waals surface area contributed by atoms with Crippen molar-refractivity contribution in [2.75, 3.05) is 5.01 Å². The van der Waals surface area contributed by atoms with Crippen LogP contribution in [0.15, 0.2) is 139 Å². The Morgan fingerprint density at radius 2 is 1.03 bits per heavy atom. The highest BCUT2D eigenvalue weighted by atomic mass is 32.2. The second kappa shape index (κ2) is 9.48. The molecule has 0 radical (unpaired) electrons. The molecule has 2 aliphatic heterocycles. The lowest BCUT2D eigenvalue weighted by atomic mass is 9.79. The quantitative estimate of drug-likeness (QED) is 0.226. The van der Waals surface area contributed by atoms with Crippen LogP contribution in [0, 0.1) is 13.8 Å². The lowest BCUT2D eigenvalue weighted by molar-refractivity contribution is 0.806. The van der Waals surface area contributed by atoms with Gasteiger partial charge in [0.05, 0.1) is 10.4 Å². The van der Waals surface area contributed by atoms with Gasteiger partial charge in [0.25, 0.3) is 0 Å². The highest BCUT2D eigenvalue weighted by molar-refractivity contribution is 8.26. The summed E-state index contributed by atoms with van der Waals surface area (Å²) in [6, 6.07) is 48.0. The molecule has 2 heterocycles. The van der Waals surface area contributed by atoms with Crippen LogP contribution in [0.1, 0.15) is 38.9 Å². The number of anilines is 1. The van der Waals surface area contributed by atoms with Gasteiger partial charge < -0.3 is 0 Å². The van der Waals surface area contributed by atoms with Crippen LogP contribution < -0.4 is 5.01 Å². The Kier molecular flexibility index (Phi) is 5.91. The zero-order valence-electron chi connectivity index (χ0n) is 21.9. The summed E-state index contributed by atoms with van der Waals surface area (Å²) < 4.78 is -0.900. The van der Waals surface area contributed by atoms with Gasteiger partial charge in [0.15, 0.2) is 4.20 Å². The third-order valence-corrected chi connectivity index (χ3v) is 11.0. The first kappa shape index (κ1) is 24.3. The maximum absolute atomic E-state index is 5.35. The second-order valence-corrected chi connectivity index (χ2v) is 12.9. The molecule has 0 aromatic heterocycles. The number of hydrogen-bond acceptors (Lipinski definition) is 4. The third kappa shape index (κ3) is 3.70. The van der Waals surface area contributed by atoms with E-state index < -0.39 is 8.95 Å². The molecule has 0 N–H and O–H groups in total. The number of nitrogens with zero attached hydrogens (tertiary/aromatic N) is 2. The molecule has 39 heavy (non-hydrogen) atoms. The van der Waals surface area contributed by atoms with Gasteiger partial charge in [-0.25, -0.2) is 5.01 Å². The molecule has 4 heteroatoms. The van der Waals surface area contributed by atoms with Crippen molar-refractivity contribution in [1.82, 2.24) is 0 Å². The van der Waals surface area contributed by atoms with E-state index in [-0.39, 0.29) is 0 Å². The monoisotopic (exact) mass is 540 g/mol. The summed E-state index contributed by atoms with van der Waals surface area (Å²) >= 11 is 3.87. The highest BCUT2D eigenvalue weighted by Crippen LogP contribution is 2.71. The summed E-state index contributed by atoms with van der Waals surface area (Å²) in [5, 5.41) is 8.65. The fraction of sp³-hybridized carbons (Fsp3) is 0.114. The summed E-state index contributed by atoms with van der Waals surface area (Å²) in [5.41, 5.74) is 10.1. The predicted octanol–water partition coefficient (Wildman–Crippen LogP) is 9.07. The van der Waals surface area contributed by atoms with Crippen molar-refractivity contribution < 1.29 is 0 Å². The molecular formula is C35H28N2S2. The van der Waals surface area contributed by atoms with Crippen LogP contribution in [0.3, 0.4) is 0 Å². The van der Waals surface area contributed by atoms with Crippen molar-refractivity contribution >= 4 is 34.3 Å². The van der Waals surface area contributed by atoms with Gasteiger partial charge in [-0.05, 0) is 53.8 Å². The molecule has 0 saturated heterocycles. The van der Waals surface area contributed by atoms with E-state index in [2.05, 4.69) is 152 Å². The Balaban J connectivity index is 1.54. The molecule has 5 aromatic rings. The van der Waals surface area contributed by atoms with Crippen LogP contribution >= 0.6 is 23.5 Å². The molecule has 190 valence electrons. The first-order valence-corrected chi connectivity index (χ1v) is 14.9. The van der Waals surface area contributed by atoms with Crippen LogP contribution in [0.2, 0.25) is 0 Å². The molecule has 1 atom stereocenters. The van der Waals surface area contributed by atoms with Gasteiger partial charge in [0.1, 0.15) is 5.04 Å². The maximum Gasteiger partial charge on any atom is 0.187 e. The van der Waals surface area contributed by atoms with Crippen LogP contribution in [0.5, 0.6) is 0 Å². The Morgan fingerprint density at radius 3 is 1.62 bits per heavy atom. The number of benzene rings is 5. The van der Waals surface area contributed by atoms with Crippen molar-refractivity contribution in [2.45, 2.75) is 22.8 Å². The topological polar surface area (TPSA) is 15.6 Å². The normalized spacial score (nSPS) is 19.2. The Morgan fingerprint density at radius 1 is 0.538 bits per heavy atom. The Hall–Kier alpha value is -3.73. The summed E-state index contributed by atoms with van der Waals surface area (Å²) in [5.74, 6) is 0. The zero-order valence-corrected chi connectivity index (χ0v) is 23.5. The van der Waals surface area contributed by atoms with Gasteiger partial charge >= 0.3 is 0 Å². The van der Waals surface area contributed by atoms with Gasteiger partial charge in [-0.3, -0.25) is 0 Å². The second-order valence-electron chi connectivity index (χ2n) is 10.1. The average molecular weight is 541 g/mol. The number of aryl methyl sites for hydroxylation is 2. The fourth-order valence-corrected chi connectivity index (χ4v) is 9.78. The first-order valence-electron chi connectivity index (χ1n) is 13.2. The van der Waals surface area contributed by atoms with Crippen molar-refractivity contribution in [3.63, 3.8) is 0 Å². The molecule has 0 amide bonds. The fourth-order valence-electron chi connectivity index (χ4n) is 5.94. The number of thioether (sulfide) groups is 2. The molecular weight excluding hydrogens is 513 g/mol. The third-order valence-electron chi connectivity index (χ3n) is 7.71. The molecule has 0 fully saturated rings. The van der Waals surface area contributed by atoms with Crippen LogP contribution in [-0.4, -0.2) is 5.04 Å². The average Bonchev–Trinajstić information content (AvgIpc) is 3.51. The summed E-state index contributed by atoms with van der Waals surface area (Å²) in [6.45, 7) is 4.48. The molecule has 0 bridgehead atoms. The van der Waals surface area contributed by atoms with Crippen LogP contribution in [-0.2, 0) is 8.95 Å². The van der Waals surface area contributed by atoms with Crippen LogP contribution in [0.4, 0.5) is 5.69 Å². The van der Waals surface area contributed by atoms with Crippen LogP contribution in [0.25, 0.3) is 0 Å². The molecule has 2 nitrogen and oxygen atoms in total. The summed E-state index contributed by atoms with van der Waals surface area (Å²) in [7, 11) is 0. The van der Waals surface area contributed by atoms with E-state index in [1.165, 1.54) is 33.4 Å². The van der Waals surface area contributed by atoms with Crippen molar-refractivity contribution in [2.24, 2.45) is 5.10 Å². The van der Waals surface area contributed by atoms with E-state index in [1.54, 1.807) is 0 Å². The first-order chi connectivity index (χ1) is 19.1. The summed E-state index contributed by atoms with van der Waals surface area (Å²) in [6.07, 6.45) is 0. The molecule has 0 aliphatic carbocycles. The minimum absolute atomic E-state index is 0.408. The number of para-hydroxylation sites is 1. The molecule has 5 aromatic carbocycles. The predicted molar refractivity (Wildman–Crippen MR) is 167 cm³/mol. The van der Waals surface area contributed by atoms with Gasteiger partial charge in [0.2, 0.25) is 0 Å². The van der Waals surface area contributed by atoms with E-state index in [0.717, 1.165) is 16.3 Å². The van der Waals surface area contributed by atoms with E-state index in [0.29, 0.717) is 0 Å². The van der Waals surface area contributed by atoms with E-state index >= 15 is 0 Å². The van der Waals surface area contributed by atoms with E-state index in [4.69, 9.17) is 5.10 Å². The molecule has 0 unspecified atom stereocenters.